The van der Waals surface area contributed by atoms with E-state index in [9.17, 15) is 23.1 Å². The molecule has 34 heavy (non-hydrogen) atoms. The zero-order valence-electron chi connectivity index (χ0n) is 19.0. The second-order valence-corrected chi connectivity index (χ2v) is 12.8. The molecule has 9 nitrogen and oxygen atoms in total. The highest BCUT2D eigenvalue weighted by atomic mass is 32.2. The maximum absolute atomic E-state index is 12.8. The summed E-state index contributed by atoms with van der Waals surface area (Å²) in [5, 5.41) is 18.3. The van der Waals surface area contributed by atoms with Crippen LogP contribution < -0.4 is 5.48 Å². The van der Waals surface area contributed by atoms with E-state index >= 15 is 0 Å². The first-order chi connectivity index (χ1) is 16.0. The van der Waals surface area contributed by atoms with Gasteiger partial charge in [-0.2, -0.15) is 0 Å². The Kier molecular flexibility index (Phi) is 6.78. The molecule has 3 N–H and O–H groups in total. The van der Waals surface area contributed by atoms with Gasteiger partial charge in [-0.3, -0.25) is 19.7 Å². The quantitative estimate of drug-likeness (QED) is 0.287. The Bertz CT molecular complexity index is 1220. The Hall–Kier alpha value is -2.41. The van der Waals surface area contributed by atoms with Gasteiger partial charge < -0.3 is 10.0 Å². The maximum Gasteiger partial charge on any atom is 0.264 e. The van der Waals surface area contributed by atoms with E-state index in [4.69, 9.17) is 5.21 Å². The van der Waals surface area contributed by atoms with Crippen LogP contribution in [0.25, 0.3) is 0 Å². The molecule has 1 aliphatic carbocycles. The van der Waals surface area contributed by atoms with E-state index in [2.05, 4.69) is 28.6 Å². The second-order valence-electron chi connectivity index (χ2n) is 9.33. The molecule has 0 bridgehead atoms. The molecule has 0 unspecified atom stereocenters. The van der Waals surface area contributed by atoms with Gasteiger partial charge in [0, 0.05) is 44.4 Å². The minimum atomic E-state index is -3.82. The van der Waals surface area contributed by atoms with Crippen molar-refractivity contribution in [2.24, 2.45) is 5.92 Å². The van der Waals surface area contributed by atoms with Gasteiger partial charge in [-0.1, -0.05) is 5.92 Å². The van der Waals surface area contributed by atoms with Crippen LogP contribution in [0.15, 0.2) is 6.07 Å². The molecule has 2 aliphatic heterocycles. The third-order valence-electron chi connectivity index (χ3n) is 6.95. The molecule has 182 valence electrons. The van der Waals surface area contributed by atoms with Gasteiger partial charge in [-0.05, 0) is 55.6 Å². The molecule has 4 rings (SSSR count). The number of rotatable bonds is 6. The van der Waals surface area contributed by atoms with Crippen molar-refractivity contribution in [2.75, 3.05) is 25.9 Å². The molecule has 1 saturated heterocycles. The zero-order valence-corrected chi connectivity index (χ0v) is 20.6. The molecule has 0 aromatic carbocycles. The molecule has 3 aliphatic rings. The molecule has 11 heteroatoms. The molecule has 0 radical (unpaired) electrons. The molecule has 0 spiro atoms. The van der Waals surface area contributed by atoms with E-state index < -0.39 is 20.5 Å². The number of sulfone groups is 1. The van der Waals surface area contributed by atoms with Gasteiger partial charge in [0.25, 0.3) is 11.8 Å². The summed E-state index contributed by atoms with van der Waals surface area (Å²) in [5.74, 6) is 11.0. The Labute approximate surface area is 203 Å². The van der Waals surface area contributed by atoms with Crippen molar-refractivity contribution in [3.8, 4) is 23.7 Å². The average molecular weight is 506 g/mol. The summed E-state index contributed by atoms with van der Waals surface area (Å²) in [4.78, 5) is 29.9. The van der Waals surface area contributed by atoms with E-state index in [-0.39, 0.29) is 25.0 Å². The summed E-state index contributed by atoms with van der Waals surface area (Å²) in [6, 6.07) is 2.34. The largest absolute Gasteiger partial charge is 0.393 e. The lowest BCUT2D eigenvalue weighted by Gasteiger charge is -2.48. The van der Waals surface area contributed by atoms with E-state index in [0.717, 1.165) is 42.6 Å². The molecule has 1 aromatic heterocycles. The van der Waals surface area contributed by atoms with Crippen molar-refractivity contribution in [1.82, 2.24) is 15.3 Å². The summed E-state index contributed by atoms with van der Waals surface area (Å²) < 4.78 is 22.4. The third kappa shape index (κ3) is 4.72. The average Bonchev–Trinajstić information content (AvgIpc) is 3.25. The van der Waals surface area contributed by atoms with Crippen LogP contribution in [0, 0.1) is 29.6 Å². The topological polar surface area (TPSA) is 127 Å². The van der Waals surface area contributed by atoms with Gasteiger partial charge in [0.15, 0.2) is 14.6 Å². The van der Waals surface area contributed by atoms with Crippen molar-refractivity contribution >= 4 is 33.0 Å². The van der Waals surface area contributed by atoms with Gasteiger partial charge in [-0.15, -0.1) is 11.3 Å². The standard InChI is InChI=1S/C23H27N3O6S2/c1-23(22(29)24-30,34(2,31)32)7-8-25-14-16-9-19(33-20(16)21(25)28)6-4-3-5-15-12-26(13-15)17-10-18(27)11-17/h9,15,17-18,27,30H,7-8,10-14H2,1-2H3,(H,24,29)/t17-,18-,23-/m1/s1. The highest BCUT2D eigenvalue weighted by Gasteiger charge is 2.44. The minimum Gasteiger partial charge on any atom is -0.393 e. The fraction of sp³-hybridized carbons (Fsp3) is 0.565. The monoisotopic (exact) mass is 505 g/mol. The number of aliphatic hydroxyl groups is 1. The second kappa shape index (κ2) is 9.33. The summed E-state index contributed by atoms with van der Waals surface area (Å²) in [6.45, 7) is 3.44. The first-order valence-corrected chi connectivity index (χ1v) is 13.7. The van der Waals surface area contributed by atoms with Crippen LogP contribution in [0.5, 0.6) is 0 Å². The summed E-state index contributed by atoms with van der Waals surface area (Å²) >= 11 is 1.28. The molecule has 1 saturated carbocycles. The van der Waals surface area contributed by atoms with Gasteiger partial charge >= 0.3 is 0 Å². The van der Waals surface area contributed by atoms with Crippen molar-refractivity contribution in [2.45, 2.75) is 49.6 Å². The number of fused-ring (bicyclic) bond motifs is 1. The molecule has 3 heterocycles. The number of hydrogen-bond acceptors (Lipinski definition) is 8. The van der Waals surface area contributed by atoms with Crippen molar-refractivity contribution in [1.29, 1.82) is 0 Å². The van der Waals surface area contributed by atoms with Crippen LogP contribution >= 0.6 is 11.3 Å². The zero-order chi connectivity index (χ0) is 24.7. The van der Waals surface area contributed by atoms with Crippen molar-refractivity contribution < 1.29 is 28.3 Å². The van der Waals surface area contributed by atoms with Gasteiger partial charge in [0.05, 0.1) is 15.9 Å². The fourth-order valence-electron chi connectivity index (χ4n) is 4.31. The molecule has 1 aromatic rings. The number of thiophene rings is 1. The highest BCUT2D eigenvalue weighted by Crippen LogP contribution is 2.33. The number of hydrogen-bond donors (Lipinski definition) is 3. The molecular weight excluding hydrogens is 478 g/mol. The molecule has 2 amide bonds. The van der Waals surface area contributed by atoms with Gasteiger partial charge in [-0.25, -0.2) is 13.9 Å². The van der Waals surface area contributed by atoms with Crippen LogP contribution in [0.1, 0.15) is 46.3 Å². The smallest absolute Gasteiger partial charge is 0.264 e. The van der Waals surface area contributed by atoms with E-state index in [1.807, 2.05) is 6.07 Å². The number of nitrogens with one attached hydrogen (secondary N) is 1. The maximum atomic E-state index is 12.8. The van der Waals surface area contributed by atoms with Crippen LogP contribution in [0.3, 0.4) is 0 Å². The summed E-state index contributed by atoms with van der Waals surface area (Å²) in [5.41, 5.74) is 2.23. The third-order valence-corrected chi connectivity index (χ3v) is 10.1. The number of carbonyl (C=O) groups excluding carboxylic acids is 2. The Balaban J connectivity index is 1.30. The predicted molar refractivity (Wildman–Crippen MR) is 126 cm³/mol. The lowest BCUT2D eigenvalue weighted by atomic mass is 9.84. The number of hydroxylamine groups is 1. The first kappa shape index (κ1) is 24.7. The Morgan fingerprint density at radius 3 is 2.62 bits per heavy atom. The van der Waals surface area contributed by atoms with E-state index in [1.54, 1.807) is 0 Å². The normalized spacial score (nSPS) is 24.0. The highest BCUT2D eigenvalue weighted by molar-refractivity contribution is 7.92. The Morgan fingerprint density at radius 2 is 2.03 bits per heavy atom. The number of carbonyl (C=O) groups is 2. The molecular formula is C23H27N3O6S2. The predicted octanol–water partition coefficient (Wildman–Crippen LogP) is 0.213. The Morgan fingerprint density at radius 1 is 1.32 bits per heavy atom. The number of nitrogens with zero attached hydrogens (tertiary/aromatic N) is 2. The van der Waals surface area contributed by atoms with Crippen LogP contribution in [0.2, 0.25) is 0 Å². The van der Waals surface area contributed by atoms with Crippen molar-refractivity contribution in [3.05, 3.63) is 21.4 Å². The van der Waals surface area contributed by atoms with Crippen molar-refractivity contribution in [3.63, 3.8) is 0 Å². The van der Waals surface area contributed by atoms with Crippen LogP contribution in [-0.2, 0) is 21.2 Å². The van der Waals surface area contributed by atoms with Crippen LogP contribution in [0.4, 0.5) is 0 Å². The number of aliphatic hydroxyl groups excluding tert-OH is 1. The van der Waals surface area contributed by atoms with Crippen LogP contribution in [-0.4, -0.2) is 83.1 Å². The number of amides is 2. The van der Waals surface area contributed by atoms with E-state index in [1.165, 1.54) is 28.6 Å². The van der Waals surface area contributed by atoms with Gasteiger partial charge in [0.1, 0.15) is 0 Å². The van der Waals surface area contributed by atoms with E-state index in [0.29, 0.717) is 23.4 Å². The summed E-state index contributed by atoms with van der Waals surface area (Å²) in [6.07, 6.45) is 2.36. The lowest BCUT2D eigenvalue weighted by molar-refractivity contribution is -0.131. The fourth-order valence-corrected chi connectivity index (χ4v) is 6.15. The first-order valence-electron chi connectivity index (χ1n) is 11.0. The lowest BCUT2D eigenvalue weighted by Crippen LogP contribution is -2.57. The van der Waals surface area contributed by atoms with Gasteiger partial charge in [0.2, 0.25) is 0 Å². The molecule has 1 atom stereocenters. The SMILES string of the molecule is C[C@@](CCN1Cc2cc(C#CC#CC3CN([C@H]4C[C@H](O)C4)C3)sc2C1=O)(C(=O)NO)S(C)(=O)=O. The number of likely N-dealkylation sites (tertiary alicyclic amines) is 1. The molecule has 2 fully saturated rings. The minimum absolute atomic E-state index is 0.0575. The summed E-state index contributed by atoms with van der Waals surface area (Å²) in [7, 11) is -3.82.